The van der Waals surface area contributed by atoms with Gasteiger partial charge in [-0.3, -0.25) is 9.59 Å². The van der Waals surface area contributed by atoms with Crippen molar-refractivity contribution < 1.29 is 27.6 Å². The van der Waals surface area contributed by atoms with E-state index in [-0.39, 0.29) is 31.9 Å². The highest BCUT2D eigenvalue weighted by atomic mass is 35.5. The van der Waals surface area contributed by atoms with E-state index >= 15 is 0 Å². The Morgan fingerprint density at radius 1 is 1.19 bits per heavy atom. The molecule has 32 heavy (non-hydrogen) atoms. The third kappa shape index (κ3) is 4.70. The molecule has 0 aliphatic rings. The molecule has 0 saturated heterocycles. The maximum absolute atomic E-state index is 13.1. The number of rotatable bonds is 7. The van der Waals surface area contributed by atoms with Crippen LogP contribution in [-0.2, 0) is 10.0 Å². The fourth-order valence-corrected chi connectivity index (χ4v) is 5.72. The first kappa shape index (κ1) is 23.9. The molecule has 0 aliphatic carbocycles. The number of aliphatic hydroxyl groups is 1. The number of halogens is 1. The number of thiophene rings is 1. The lowest BCUT2D eigenvalue weighted by Gasteiger charge is -2.14. The number of nitrogens with zero attached hydrogens (tertiary/aromatic N) is 1. The van der Waals surface area contributed by atoms with Crippen LogP contribution in [0.25, 0.3) is 0 Å². The highest BCUT2D eigenvalue weighted by Gasteiger charge is 2.29. The van der Waals surface area contributed by atoms with Gasteiger partial charge in [0.05, 0.1) is 5.69 Å². The van der Waals surface area contributed by atoms with E-state index in [9.17, 15) is 23.1 Å². The summed E-state index contributed by atoms with van der Waals surface area (Å²) < 4.78 is 33.0. The summed E-state index contributed by atoms with van der Waals surface area (Å²) in [7, 11) is -4.24. The zero-order valence-corrected chi connectivity index (χ0v) is 20.0. The molecule has 3 rings (SSSR count). The molecule has 0 radical (unpaired) electrons. The molecular weight excluding hydrogens is 478 g/mol. The monoisotopic (exact) mass is 497 g/mol. The van der Waals surface area contributed by atoms with E-state index in [2.05, 4.69) is 15.2 Å². The van der Waals surface area contributed by atoms with Crippen molar-refractivity contribution in [3.63, 3.8) is 0 Å². The SMILES string of the molecule is Cc1cc(C)c(NC(=O)c2sc(C)cc2S(=O)(=O)Nc2onc(C)c2Cl)c(C(=O)CO)c1. The number of carbonyl (C=O) groups is 2. The Balaban J connectivity index is 2.00. The van der Waals surface area contributed by atoms with Crippen LogP contribution >= 0.6 is 22.9 Å². The molecule has 2 aromatic heterocycles. The van der Waals surface area contributed by atoms with Crippen molar-refractivity contribution in [2.24, 2.45) is 0 Å². The number of aromatic nitrogens is 1. The van der Waals surface area contributed by atoms with Crippen LogP contribution in [0.2, 0.25) is 5.02 Å². The Bertz CT molecular complexity index is 1330. The minimum atomic E-state index is -4.24. The highest BCUT2D eigenvalue weighted by molar-refractivity contribution is 7.93. The lowest BCUT2D eigenvalue weighted by molar-refractivity contribution is 0.0904. The molecule has 3 aromatic rings. The fraction of sp³-hybridized carbons (Fsp3) is 0.250. The van der Waals surface area contributed by atoms with Crippen LogP contribution in [-0.4, -0.2) is 37.0 Å². The number of anilines is 2. The number of carbonyl (C=O) groups excluding carboxylic acids is 2. The average Bonchev–Trinajstić information content (AvgIpc) is 3.27. The van der Waals surface area contributed by atoms with Crippen LogP contribution in [0.3, 0.4) is 0 Å². The Morgan fingerprint density at radius 3 is 2.47 bits per heavy atom. The van der Waals surface area contributed by atoms with Gasteiger partial charge in [0, 0.05) is 10.4 Å². The predicted octanol–water partition coefficient (Wildman–Crippen LogP) is 3.85. The number of ketones is 1. The number of Topliss-reactive ketones (excluding diaryl/α,β-unsaturated/α-hetero) is 1. The van der Waals surface area contributed by atoms with Gasteiger partial charge in [-0.25, -0.2) is 13.1 Å². The fourth-order valence-electron chi connectivity index (χ4n) is 3.06. The first-order valence-electron chi connectivity index (χ1n) is 9.26. The minimum Gasteiger partial charge on any atom is -0.388 e. The molecule has 0 aliphatic heterocycles. The van der Waals surface area contributed by atoms with Crippen LogP contribution in [0, 0.1) is 27.7 Å². The van der Waals surface area contributed by atoms with Crippen LogP contribution < -0.4 is 10.0 Å². The maximum atomic E-state index is 13.1. The number of aliphatic hydroxyl groups excluding tert-OH is 1. The molecule has 2 heterocycles. The second-order valence-electron chi connectivity index (χ2n) is 7.11. The molecule has 0 atom stereocenters. The predicted molar refractivity (Wildman–Crippen MR) is 121 cm³/mol. The average molecular weight is 498 g/mol. The Morgan fingerprint density at radius 2 is 1.88 bits per heavy atom. The molecule has 0 fully saturated rings. The quantitative estimate of drug-likeness (QED) is 0.421. The van der Waals surface area contributed by atoms with Crippen molar-refractivity contribution in [3.8, 4) is 0 Å². The summed E-state index contributed by atoms with van der Waals surface area (Å²) in [6, 6.07) is 4.66. The summed E-state index contributed by atoms with van der Waals surface area (Å²) in [5, 5.41) is 15.5. The molecule has 3 N–H and O–H groups in total. The zero-order chi connectivity index (χ0) is 23.8. The van der Waals surface area contributed by atoms with E-state index in [1.165, 1.54) is 6.07 Å². The van der Waals surface area contributed by atoms with E-state index in [0.717, 1.165) is 16.9 Å². The lowest BCUT2D eigenvalue weighted by Crippen LogP contribution is -2.20. The molecule has 0 bridgehead atoms. The summed E-state index contributed by atoms with van der Waals surface area (Å²) >= 11 is 6.97. The number of aryl methyl sites for hydroxylation is 4. The third-order valence-electron chi connectivity index (χ3n) is 4.50. The van der Waals surface area contributed by atoms with Gasteiger partial charge in [0.1, 0.15) is 27.1 Å². The Hall–Kier alpha value is -2.73. The number of benzene rings is 1. The maximum Gasteiger partial charge on any atom is 0.267 e. The topological polar surface area (TPSA) is 139 Å². The van der Waals surface area contributed by atoms with Crippen LogP contribution in [0.1, 0.15) is 41.7 Å². The summed E-state index contributed by atoms with van der Waals surface area (Å²) in [6.45, 7) is 5.95. The van der Waals surface area contributed by atoms with E-state index in [4.69, 9.17) is 16.1 Å². The molecule has 0 unspecified atom stereocenters. The number of sulfonamides is 1. The van der Waals surface area contributed by atoms with Crippen molar-refractivity contribution in [3.05, 3.63) is 55.4 Å². The van der Waals surface area contributed by atoms with Gasteiger partial charge in [-0.05, 0) is 51.0 Å². The van der Waals surface area contributed by atoms with E-state index in [1.807, 2.05) is 0 Å². The van der Waals surface area contributed by atoms with Gasteiger partial charge >= 0.3 is 0 Å². The van der Waals surface area contributed by atoms with E-state index < -0.39 is 28.3 Å². The molecule has 0 saturated carbocycles. The largest absolute Gasteiger partial charge is 0.388 e. The van der Waals surface area contributed by atoms with Gasteiger partial charge < -0.3 is 14.9 Å². The van der Waals surface area contributed by atoms with E-state index in [1.54, 1.807) is 39.8 Å². The smallest absolute Gasteiger partial charge is 0.267 e. The Kier molecular flexibility index (Phi) is 6.75. The molecule has 9 nitrogen and oxygen atoms in total. The minimum absolute atomic E-state index is 0.00830. The first-order valence-corrected chi connectivity index (χ1v) is 11.9. The molecule has 1 aromatic carbocycles. The summed E-state index contributed by atoms with van der Waals surface area (Å²) in [5.74, 6) is -1.55. The van der Waals surface area contributed by atoms with Gasteiger partial charge in [0.25, 0.3) is 21.8 Å². The van der Waals surface area contributed by atoms with Crippen LogP contribution in [0.15, 0.2) is 27.6 Å². The van der Waals surface area contributed by atoms with Crippen LogP contribution in [0.4, 0.5) is 11.6 Å². The van der Waals surface area contributed by atoms with Crippen LogP contribution in [0.5, 0.6) is 0 Å². The molecule has 1 amide bonds. The first-order chi connectivity index (χ1) is 14.9. The molecule has 0 spiro atoms. The third-order valence-corrected chi connectivity index (χ3v) is 7.48. The standard InChI is InChI=1S/C20H20ClN3O6S2/c1-9-5-10(2)17(13(6-9)14(26)8-25)22-19(27)18-15(7-11(3)31-18)32(28,29)24-20-16(21)12(4)23-30-20/h5-7,24-25H,8H2,1-4H3,(H,22,27). The lowest BCUT2D eigenvalue weighted by atomic mass is 10.0. The van der Waals surface area contributed by atoms with E-state index in [0.29, 0.717) is 16.1 Å². The molecule has 12 heteroatoms. The summed E-state index contributed by atoms with van der Waals surface area (Å²) in [5.41, 5.74) is 2.01. The number of nitrogens with one attached hydrogen (secondary N) is 2. The molecule has 170 valence electrons. The summed E-state index contributed by atoms with van der Waals surface area (Å²) in [4.78, 5) is 25.5. The van der Waals surface area contributed by atoms with Gasteiger partial charge in [-0.2, -0.15) is 0 Å². The van der Waals surface area contributed by atoms with Crippen molar-refractivity contribution in [2.75, 3.05) is 16.6 Å². The van der Waals surface area contributed by atoms with Crippen molar-refractivity contribution in [1.82, 2.24) is 5.16 Å². The Labute approximate surface area is 193 Å². The zero-order valence-electron chi connectivity index (χ0n) is 17.6. The number of amides is 1. The van der Waals surface area contributed by atoms with Gasteiger partial charge in [-0.1, -0.05) is 22.8 Å². The second-order valence-corrected chi connectivity index (χ2v) is 10.4. The summed E-state index contributed by atoms with van der Waals surface area (Å²) in [6.07, 6.45) is 0. The van der Waals surface area contributed by atoms with Crippen molar-refractivity contribution >= 4 is 56.2 Å². The van der Waals surface area contributed by atoms with Crippen molar-refractivity contribution in [2.45, 2.75) is 32.6 Å². The van der Waals surface area contributed by atoms with Crippen molar-refractivity contribution in [1.29, 1.82) is 0 Å². The number of hydrogen-bond acceptors (Lipinski definition) is 8. The second kappa shape index (κ2) is 9.02. The number of hydrogen-bond donors (Lipinski definition) is 3. The van der Waals surface area contributed by atoms with Gasteiger partial charge in [-0.15, -0.1) is 11.3 Å². The molecular formula is C20H20ClN3O6S2. The normalized spacial score (nSPS) is 11.4. The van der Waals surface area contributed by atoms with Gasteiger partial charge in [0.2, 0.25) is 0 Å². The highest BCUT2D eigenvalue weighted by Crippen LogP contribution is 2.32. The van der Waals surface area contributed by atoms with Gasteiger partial charge in [0.15, 0.2) is 5.78 Å².